The summed E-state index contributed by atoms with van der Waals surface area (Å²) in [5.41, 5.74) is -5.64. The zero-order chi connectivity index (χ0) is 40.3. The van der Waals surface area contributed by atoms with Crippen molar-refractivity contribution in [1.29, 1.82) is 0 Å². The first-order valence-electron chi connectivity index (χ1n) is 18.0. The molecule has 56 heavy (non-hydrogen) atoms. The number of esters is 1. The monoisotopic (exact) mass is 799 g/mol. The van der Waals surface area contributed by atoms with E-state index in [1.54, 1.807) is 0 Å². The minimum absolute atomic E-state index is 0.0655. The van der Waals surface area contributed by atoms with E-state index in [-0.39, 0.29) is 48.3 Å². The van der Waals surface area contributed by atoms with Gasteiger partial charge in [-0.25, -0.2) is 12.8 Å². The maximum Gasteiger partial charge on any atom is 0.501 e. The zero-order valence-corrected chi connectivity index (χ0v) is 31.4. The quantitative estimate of drug-likeness (QED) is 0.111. The van der Waals surface area contributed by atoms with Crippen LogP contribution in [0.15, 0.2) is 83.8 Å². The van der Waals surface area contributed by atoms with Crippen LogP contribution < -0.4 is 25.4 Å². The molecule has 0 spiro atoms. The summed E-state index contributed by atoms with van der Waals surface area (Å²) in [5, 5.41) is 10.3. The molecule has 2 unspecified atom stereocenters. The molecule has 2 atom stereocenters. The van der Waals surface area contributed by atoms with Crippen molar-refractivity contribution in [2.45, 2.75) is 68.2 Å². The van der Waals surface area contributed by atoms with Crippen LogP contribution in [-0.2, 0) is 30.8 Å². The summed E-state index contributed by atoms with van der Waals surface area (Å²) in [5.74, 6) is -3.68. The Bertz CT molecular complexity index is 2220. The summed E-state index contributed by atoms with van der Waals surface area (Å²) in [4.78, 5) is 39.2. The topological polar surface area (TPSA) is 149 Å². The fourth-order valence-electron chi connectivity index (χ4n) is 7.10. The summed E-state index contributed by atoms with van der Waals surface area (Å²) in [6.07, 6.45) is 1.52. The van der Waals surface area contributed by atoms with Crippen LogP contribution in [0.3, 0.4) is 0 Å². The number of hydrogen-bond donors (Lipinski definition) is 3. The Kier molecular flexibility index (Phi) is 11.9. The molecule has 16 heteroatoms. The Labute approximate surface area is 321 Å². The minimum Gasteiger partial charge on any atom is -0.496 e. The summed E-state index contributed by atoms with van der Waals surface area (Å²) >= 11 is 0. The lowest BCUT2D eigenvalue weighted by Crippen LogP contribution is -2.53. The number of fused-ring (bicyclic) bond motifs is 1. The number of nitrogens with one attached hydrogen (secondary N) is 3. The van der Waals surface area contributed by atoms with Crippen molar-refractivity contribution in [3.8, 4) is 11.5 Å². The Morgan fingerprint density at radius 1 is 0.929 bits per heavy atom. The molecule has 2 aliphatic rings. The van der Waals surface area contributed by atoms with E-state index in [0.29, 0.717) is 38.3 Å². The van der Waals surface area contributed by atoms with Crippen molar-refractivity contribution in [3.05, 3.63) is 95.8 Å². The predicted octanol–water partition coefficient (Wildman–Crippen LogP) is 6.70. The van der Waals surface area contributed by atoms with Crippen molar-refractivity contribution in [3.63, 3.8) is 0 Å². The molecule has 11 nitrogen and oxygen atoms in total. The molecule has 0 bridgehead atoms. The number of piperidine rings is 1. The van der Waals surface area contributed by atoms with Crippen molar-refractivity contribution in [2.75, 3.05) is 25.5 Å². The van der Waals surface area contributed by atoms with E-state index in [0.717, 1.165) is 34.5 Å². The van der Waals surface area contributed by atoms with Crippen LogP contribution in [0.5, 0.6) is 11.5 Å². The second kappa shape index (κ2) is 16.5. The van der Waals surface area contributed by atoms with Gasteiger partial charge in [-0.3, -0.25) is 14.4 Å². The molecule has 1 saturated heterocycles. The molecule has 3 N–H and O–H groups in total. The van der Waals surface area contributed by atoms with E-state index in [1.165, 1.54) is 19.2 Å². The number of anilines is 1. The van der Waals surface area contributed by atoms with Gasteiger partial charge in [0.25, 0.3) is 15.7 Å². The van der Waals surface area contributed by atoms with Gasteiger partial charge in [0.15, 0.2) is 11.6 Å². The molecule has 0 aromatic heterocycles. The first-order valence-corrected chi connectivity index (χ1v) is 19.5. The summed E-state index contributed by atoms with van der Waals surface area (Å²) < 4.78 is 95.6. The first-order chi connectivity index (χ1) is 26.6. The maximum absolute atomic E-state index is 15.3. The number of benzene rings is 4. The molecule has 2 fully saturated rings. The Morgan fingerprint density at radius 2 is 1.64 bits per heavy atom. The normalized spacial score (nSPS) is 21.5. The average molecular weight is 800 g/mol. The van der Waals surface area contributed by atoms with E-state index in [4.69, 9.17) is 14.2 Å². The molecule has 0 radical (unpaired) electrons. The lowest BCUT2D eigenvalue weighted by Gasteiger charge is -2.35. The number of carbonyl (C=O) groups excluding carboxylic acids is 3. The third-order valence-electron chi connectivity index (χ3n) is 10.4. The van der Waals surface area contributed by atoms with E-state index >= 15 is 4.39 Å². The molecule has 1 aliphatic heterocycles. The number of sulfone groups is 1. The highest BCUT2D eigenvalue weighted by Crippen LogP contribution is 2.40. The molecule has 4 aromatic rings. The highest BCUT2D eigenvalue weighted by atomic mass is 32.2. The number of methoxy groups -OCH3 is 1. The van der Waals surface area contributed by atoms with Crippen LogP contribution in [-0.4, -0.2) is 64.1 Å². The average Bonchev–Trinajstić information content (AvgIpc) is 3.18. The molecule has 298 valence electrons. The molecule has 1 heterocycles. The minimum atomic E-state index is -5.65. The number of halogens is 4. The number of rotatable bonds is 11. The second-order valence-corrected chi connectivity index (χ2v) is 16.2. The van der Waals surface area contributed by atoms with Gasteiger partial charge in [0.2, 0.25) is 5.91 Å². The van der Waals surface area contributed by atoms with E-state index < -0.39 is 61.4 Å². The van der Waals surface area contributed by atoms with E-state index in [1.807, 2.05) is 49.4 Å². The van der Waals surface area contributed by atoms with Crippen LogP contribution in [0.25, 0.3) is 10.8 Å². The third-order valence-corrected chi connectivity index (χ3v) is 11.9. The standard InChI is InChI=1S/C40H41F4N3O8S/c1-39(38(50)54-23-25-9-5-8-24-7-3-4-12-29(24)25)16-13-27(14-17-39)55-35-20-30(34(53-2)21-32(35)41)36(48)47-33-15-18-45-22-31(33)37(49)46-26-10-6-11-28(19-26)56(51,52)40(42,43)44/h3-12,19-21,27,31,33,45H,13-18,22-23H2,1-2H3,(H,46,49)(H,47,48). The number of hydrogen-bond acceptors (Lipinski definition) is 9. The number of ether oxygens (including phenoxy) is 3. The zero-order valence-electron chi connectivity index (χ0n) is 30.6. The SMILES string of the molecule is COc1cc(F)c(OC2CCC(C)(C(=O)OCc3cccc4ccccc34)CC2)cc1C(=O)NC1CCNCC1C(=O)Nc1cccc(S(=O)(=O)C(F)(F)F)c1. The van der Waals surface area contributed by atoms with Gasteiger partial charge >= 0.3 is 11.5 Å². The molecule has 6 rings (SSSR count). The Balaban J connectivity index is 1.08. The van der Waals surface area contributed by atoms with Crippen LogP contribution >= 0.6 is 0 Å². The molecule has 4 aromatic carbocycles. The fourth-order valence-corrected chi connectivity index (χ4v) is 7.91. The molecular formula is C40H41F4N3O8S. The molecular weight excluding hydrogens is 759 g/mol. The Morgan fingerprint density at radius 3 is 2.38 bits per heavy atom. The van der Waals surface area contributed by atoms with Crippen molar-refractivity contribution in [1.82, 2.24) is 10.6 Å². The fraction of sp³-hybridized carbons (Fsp3) is 0.375. The highest BCUT2D eigenvalue weighted by Gasteiger charge is 2.47. The van der Waals surface area contributed by atoms with Gasteiger partial charge in [-0.2, -0.15) is 13.2 Å². The Hall–Kier alpha value is -5.22. The number of amides is 2. The van der Waals surface area contributed by atoms with Gasteiger partial charge < -0.3 is 30.2 Å². The van der Waals surface area contributed by atoms with Gasteiger partial charge in [-0.15, -0.1) is 0 Å². The van der Waals surface area contributed by atoms with Gasteiger partial charge in [-0.05, 0) is 86.2 Å². The molecule has 2 amide bonds. The summed E-state index contributed by atoms with van der Waals surface area (Å²) in [6.45, 7) is 2.48. The van der Waals surface area contributed by atoms with Crippen LogP contribution in [0.1, 0.15) is 54.9 Å². The van der Waals surface area contributed by atoms with Gasteiger partial charge in [0, 0.05) is 24.3 Å². The van der Waals surface area contributed by atoms with Crippen molar-refractivity contribution < 1.29 is 54.6 Å². The third kappa shape index (κ3) is 8.76. The number of carbonyl (C=O) groups is 3. The lowest BCUT2D eigenvalue weighted by atomic mass is 9.74. The molecule has 1 saturated carbocycles. The van der Waals surface area contributed by atoms with Crippen LogP contribution in [0.4, 0.5) is 23.2 Å². The first kappa shape index (κ1) is 40.4. The maximum atomic E-state index is 15.3. The highest BCUT2D eigenvalue weighted by molar-refractivity contribution is 7.92. The predicted molar refractivity (Wildman–Crippen MR) is 198 cm³/mol. The molecule has 1 aliphatic carbocycles. The van der Waals surface area contributed by atoms with Crippen molar-refractivity contribution in [2.24, 2.45) is 11.3 Å². The summed E-state index contributed by atoms with van der Waals surface area (Å²) in [6, 6.07) is 19.0. The van der Waals surface area contributed by atoms with Gasteiger partial charge in [0.05, 0.1) is 35.0 Å². The van der Waals surface area contributed by atoms with E-state index in [9.17, 15) is 36.0 Å². The second-order valence-electron chi connectivity index (χ2n) is 14.2. The van der Waals surface area contributed by atoms with E-state index in [2.05, 4.69) is 16.0 Å². The lowest BCUT2D eigenvalue weighted by molar-refractivity contribution is -0.159. The van der Waals surface area contributed by atoms with Crippen LogP contribution in [0.2, 0.25) is 0 Å². The number of alkyl halides is 3. The summed E-state index contributed by atoms with van der Waals surface area (Å²) in [7, 11) is -4.39. The van der Waals surface area contributed by atoms with Crippen LogP contribution in [0, 0.1) is 17.2 Å². The van der Waals surface area contributed by atoms with Gasteiger partial charge in [-0.1, -0.05) is 48.5 Å². The largest absolute Gasteiger partial charge is 0.501 e. The van der Waals surface area contributed by atoms with Crippen molar-refractivity contribution >= 4 is 44.1 Å². The smallest absolute Gasteiger partial charge is 0.496 e. The van der Waals surface area contributed by atoms with Gasteiger partial charge in [0.1, 0.15) is 12.4 Å².